The first-order chi connectivity index (χ1) is 12.3. The molecule has 1 aromatic heterocycles. The van der Waals surface area contributed by atoms with Crippen LogP contribution in [0.4, 0.5) is 18.3 Å². The standard InChI is InChI=1S/C17H19F3N4OS/c1-11(2)14-21-16(26-22-14)24-9-7-23(8-10-24)15(25)12-3-5-13(6-4-12)17(18,19)20/h3-6,11H,7-10H2,1-2H3. The van der Waals surface area contributed by atoms with E-state index in [1.54, 1.807) is 4.90 Å². The first-order valence-corrected chi connectivity index (χ1v) is 9.08. The monoisotopic (exact) mass is 384 g/mol. The number of carbonyl (C=O) groups excluding carboxylic acids is 1. The average Bonchev–Trinajstić information content (AvgIpc) is 3.11. The van der Waals surface area contributed by atoms with Gasteiger partial charge in [0, 0.05) is 49.2 Å². The second kappa shape index (κ2) is 7.22. The van der Waals surface area contributed by atoms with Crippen LogP contribution in [-0.4, -0.2) is 46.3 Å². The summed E-state index contributed by atoms with van der Waals surface area (Å²) in [6.07, 6.45) is -4.40. The lowest BCUT2D eigenvalue weighted by Crippen LogP contribution is -2.48. The zero-order valence-electron chi connectivity index (χ0n) is 14.5. The average molecular weight is 384 g/mol. The summed E-state index contributed by atoms with van der Waals surface area (Å²) in [6.45, 7) is 6.31. The van der Waals surface area contributed by atoms with Crippen molar-refractivity contribution in [1.29, 1.82) is 0 Å². The van der Waals surface area contributed by atoms with Crippen LogP contribution in [0.2, 0.25) is 0 Å². The van der Waals surface area contributed by atoms with Crippen LogP contribution in [0.15, 0.2) is 24.3 Å². The lowest BCUT2D eigenvalue weighted by molar-refractivity contribution is -0.137. The molecule has 2 aromatic rings. The van der Waals surface area contributed by atoms with Crippen molar-refractivity contribution in [3.05, 3.63) is 41.2 Å². The van der Waals surface area contributed by atoms with Crippen molar-refractivity contribution in [3.63, 3.8) is 0 Å². The SMILES string of the molecule is CC(C)c1nsc(N2CCN(C(=O)c3ccc(C(F)(F)F)cc3)CC2)n1. The van der Waals surface area contributed by atoms with Gasteiger partial charge in [-0.05, 0) is 24.3 Å². The summed E-state index contributed by atoms with van der Waals surface area (Å²) in [6, 6.07) is 4.35. The second-order valence-corrected chi connectivity index (χ2v) is 7.17. The van der Waals surface area contributed by atoms with Crippen LogP contribution in [0.1, 0.15) is 41.5 Å². The van der Waals surface area contributed by atoms with Crippen LogP contribution in [-0.2, 0) is 6.18 Å². The van der Waals surface area contributed by atoms with Gasteiger partial charge in [-0.2, -0.15) is 17.5 Å². The molecule has 1 aliphatic rings. The highest BCUT2D eigenvalue weighted by Crippen LogP contribution is 2.29. The summed E-state index contributed by atoms with van der Waals surface area (Å²) in [7, 11) is 0. The number of rotatable bonds is 3. The third-order valence-electron chi connectivity index (χ3n) is 4.24. The van der Waals surface area contributed by atoms with Gasteiger partial charge in [-0.1, -0.05) is 13.8 Å². The van der Waals surface area contributed by atoms with Crippen LogP contribution in [0.25, 0.3) is 0 Å². The van der Waals surface area contributed by atoms with E-state index in [1.165, 1.54) is 23.7 Å². The third kappa shape index (κ3) is 3.98. The van der Waals surface area contributed by atoms with Gasteiger partial charge >= 0.3 is 6.18 Å². The maximum atomic E-state index is 12.6. The van der Waals surface area contributed by atoms with E-state index in [9.17, 15) is 18.0 Å². The number of anilines is 1. The second-order valence-electron chi connectivity index (χ2n) is 6.44. The molecule has 26 heavy (non-hydrogen) atoms. The lowest BCUT2D eigenvalue weighted by Gasteiger charge is -2.34. The fourth-order valence-corrected chi connectivity index (χ4v) is 3.53. The molecule has 0 spiro atoms. The Labute approximate surface area is 153 Å². The number of carbonyl (C=O) groups is 1. The van der Waals surface area contributed by atoms with Gasteiger partial charge in [0.2, 0.25) is 5.13 Å². The summed E-state index contributed by atoms with van der Waals surface area (Å²) < 4.78 is 42.2. The molecule has 0 bridgehead atoms. The predicted molar refractivity (Wildman–Crippen MR) is 93.6 cm³/mol. The van der Waals surface area contributed by atoms with Crippen LogP contribution in [0.5, 0.6) is 0 Å². The van der Waals surface area contributed by atoms with E-state index in [-0.39, 0.29) is 17.4 Å². The van der Waals surface area contributed by atoms with Gasteiger partial charge in [0.15, 0.2) is 0 Å². The summed E-state index contributed by atoms with van der Waals surface area (Å²) in [5.41, 5.74) is -0.486. The van der Waals surface area contributed by atoms with E-state index in [4.69, 9.17) is 0 Å². The Morgan fingerprint density at radius 3 is 2.23 bits per heavy atom. The Kier molecular flexibility index (Phi) is 5.17. The molecule has 1 aromatic carbocycles. The van der Waals surface area contributed by atoms with Crippen molar-refractivity contribution in [2.45, 2.75) is 25.9 Å². The van der Waals surface area contributed by atoms with Crippen LogP contribution in [0.3, 0.4) is 0 Å². The van der Waals surface area contributed by atoms with E-state index < -0.39 is 11.7 Å². The first-order valence-electron chi connectivity index (χ1n) is 8.31. The van der Waals surface area contributed by atoms with Gasteiger partial charge in [-0.15, -0.1) is 0 Å². The Morgan fingerprint density at radius 2 is 1.73 bits per heavy atom. The summed E-state index contributed by atoms with van der Waals surface area (Å²) >= 11 is 1.35. The minimum atomic E-state index is -4.40. The number of aromatic nitrogens is 2. The largest absolute Gasteiger partial charge is 0.416 e. The summed E-state index contributed by atoms with van der Waals surface area (Å²) in [5, 5.41) is 0.843. The first kappa shape index (κ1) is 18.6. The number of halogens is 3. The predicted octanol–water partition coefficient (Wildman–Crippen LogP) is 3.64. The summed E-state index contributed by atoms with van der Waals surface area (Å²) in [4.78, 5) is 20.8. The van der Waals surface area contributed by atoms with Crippen molar-refractivity contribution in [1.82, 2.24) is 14.3 Å². The highest BCUT2D eigenvalue weighted by Gasteiger charge is 2.31. The molecule has 9 heteroatoms. The molecule has 3 rings (SSSR count). The highest BCUT2D eigenvalue weighted by atomic mass is 32.1. The lowest BCUT2D eigenvalue weighted by atomic mass is 10.1. The van der Waals surface area contributed by atoms with E-state index in [1.807, 2.05) is 13.8 Å². The van der Waals surface area contributed by atoms with E-state index in [0.29, 0.717) is 26.2 Å². The minimum Gasteiger partial charge on any atom is -0.343 e. The van der Waals surface area contributed by atoms with Crippen molar-refractivity contribution in [2.75, 3.05) is 31.1 Å². The molecule has 0 unspecified atom stereocenters. The molecule has 1 saturated heterocycles. The molecule has 0 atom stereocenters. The zero-order valence-corrected chi connectivity index (χ0v) is 15.3. The van der Waals surface area contributed by atoms with E-state index >= 15 is 0 Å². The van der Waals surface area contributed by atoms with Gasteiger partial charge in [0.25, 0.3) is 5.91 Å². The van der Waals surface area contributed by atoms with Crippen LogP contribution in [0, 0.1) is 0 Å². The van der Waals surface area contributed by atoms with Crippen LogP contribution >= 0.6 is 11.5 Å². The fourth-order valence-electron chi connectivity index (χ4n) is 2.67. The van der Waals surface area contributed by atoms with Crippen molar-refractivity contribution in [2.24, 2.45) is 0 Å². The normalized spacial score (nSPS) is 15.6. The van der Waals surface area contributed by atoms with Gasteiger partial charge in [-0.3, -0.25) is 4.79 Å². The van der Waals surface area contributed by atoms with Crippen molar-refractivity contribution in [3.8, 4) is 0 Å². The van der Waals surface area contributed by atoms with E-state index in [2.05, 4.69) is 14.3 Å². The van der Waals surface area contributed by atoms with Gasteiger partial charge in [-0.25, -0.2) is 4.98 Å². The molecular weight excluding hydrogens is 365 g/mol. The number of piperazine rings is 1. The molecule has 1 amide bonds. The van der Waals surface area contributed by atoms with Gasteiger partial charge in [0.05, 0.1) is 5.56 Å². The number of benzene rings is 1. The number of nitrogens with zero attached hydrogens (tertiary/aromatic N) is 4. The molecule has 140 valence electrons. The Bertz CT molecular complexity index is 765. The Hall–Kier alpha value is -2.16. The zero-order chi connectivity index (χ0) is 18.9. The number of alkyl halides is 3. The Morgan fingerprint density at radius 1 is 1.12 bits per heavy atom. The number of hydrogen-bond donors (Lipinski definition) is 0. The minimum absolute atomic E-state index is 0.251. The molecule has 2 heterocycles. The third-order valence-corrected chi connectivity index (χ3v) is 5.04. The number of amides is 1. The molecular formula is C17H19F3N4OS. The van der Waals surface area contributed by atoms with Gasteiger partial charge in [0.1, 0.15) is 5.82 Å². The quantitative estimate of drug-likeness (QED) is 0.811. The molecule has 1 aliphatic heterocycles. The van der Waals surface area contributed by atoms with Gasteiger partial charge < -0.3 is 9.80 Å². The number of hydrogen-bond acceptors (Lipinski definition) is 5. The molecule has 0 saturated carbocycles. The maximum Gasteiger partial charge on any atom is 0.416 e. The highest BCUT2D eigenvalue weighted by molar-refractivity contribution is 7.09. The molecule has 0 radical (unpaired) electrons. The molecule has 5 nitrogen and oxygen atoms in total. The van der Waals surface area contributed by atoms with Crippen molar-refractivity contribution >= 4 is 22.6 Å². The molecule has 1 fully saturated rings. The maximum absolute atomic E-state index is 12.6. The topological polar surface area (TPSA) is 49.3 Å². The van der Waals surface area contributed by atoms with Crippen molar-refractivity contribution < 1.29 is 18.0 Å². The smallest absolute Gasteiger partial charge is 0.343 e. The van der Waals surface area contributed by atoms with Crippen LogP contribution < -0.4 is 4.90 Å². The summed E-state index contributed by atoms with van der Waals surface area (Å²) in [5.74, 6) is 0.828. The fraction of sp³-hybridized carbons (Fsp3) is 0.471. The van der Waals surface area contributed by atoms with E-state index in [0.717, 1.165) is 23.1 Å². The molecule has 0 aliphatic carbocycles. The molecule has 0 N–H and O–H groups in total. The Balaban J connectivity index is 1.61.